The first-order valence-corrected chi connectivity index (χ1v) is 5.77. The van der Waals surface area contributed by atoms with Crippen LogP contribution in [0.2, 0.25) is 0 Å². The summed E-state index contributed by atoms with van der Waals surface area (Å²) in [7, 11) is 0. The molecule has 3 nitrogen and oxygen atoms in total. The molecule has 0 saturated carbocycles. The number of nitrogens with zero attached hydrogens (tertiary/aromatic N) is 2. The van der Waals surface area contributed by atoms with Crippen LogP contribution in [0.25, 0.3) is 0 Å². The zero-order valence-corrected chi connectivity index (χ0v) is 10.3. The first-order valence-electron chi connectivity index (χ1n) is 4.99. The quantitative estimate of drug-likeness (QED) is 0.748. The Morgan fingerprint density at radius 3 is 2.44 bits per heavy atom. The molecule has 0 saturated heterocycles. The molecule has 0 amide bonds. The van der Waals surface area contributed by atoms with E-state index >= 15 is 0 Å². The van der Waals surface area contributed by atoms with Gasteiger partial charge in [0.15, 0.2) is 0 Å². The molecule has 2 aromatic rings. The third kappa shape index (κ3) is 1.88. The average molecular weight is 232 g/mol. The van der Waals surface area contributed by atoms with Crippen LogP contribution in [-0.2, 0) is 0 Å². The molecule has 2 rings (SSSR count). The van der Waals surface area contributed by atoms with E-state index < -0.39 is 0 Å². The fourth-order valence-corrected chi connectivity index (χ4v) is 2.07. The van der Waals surface area contributed by atoms with Gasteiger partial charge in [-0.2, -0.15) is 0 Å². The van der Waals surface area contributed by atoms with Crippen molar-refractivity contribution in [2.24, 2.45) is 0 Å². The fourth-order valence-electron chi connectivity index (χ4n) is 1.61. The Bertz CT molecular complexity index is 532. The van der Waals surface area contributed by atoms with Crippen LogP contribution < -0.4 is 0 Å². The number of ketones is 1. The second kappa shape index (κ2) is 4.14. The van der Waals surface area contributed by atoms with Gasteiger partial charge in [-0.25, -0.2) is 0 Å². The van der Waals surface area contributed by atoms with Crippen LogP contribution in [0.3, 0.4) is 0 Å². The third-order valence-corrected chi connectivity index (χ3v) is 3.33. The van der Waals surface area contributed by atoms with Crippen LogP contribution in [0.1, 0.15) is 31.9 Å². The van der Waals surface area contributed by atoms with E-state index in [4.69, 9.17) is 0 Å². The van der Waals surface area contributed by atoms with Gasteiger partial charge in [-0.15, -0.1) is 5.10 Å². The Morgan fingerprint density at radius 1 is 1.12 bits per heavy atom. The number of benzene rings is 1. The van der Waals surface area contributed by atoms with Crippen LogP contribution in [0.4, 0.5) is 0 Å². The summed E-state index contributed by atoms with van der Waals surface area (Å²) < 4.78 is 3.71. The maximum Gasteiger partial charge on any atom is 0.206 e. The number of hydrogen-bond donors (Lipinski definition) is 0. The maximum atomic E-state index is 12.1. The van der Waals surface area contributed by atoms with Gasteiger partial charge in [0.25, 0.3) is 0 Å². The van der Waals surface area contributed by atoms with Crippen LogP contribution >= 0.6 is 11.5 Å². The highest BCUT2D eigenvalue weighted by Crippen LogP contribution is 2.19. The molecule has 16 heavy (non-hydrogen) atoms. The van der Waals surface area contributed by atoms with Gasteiger partial charge in [-0.1, -0.05) is 10.6 Å². The predicted molar refractivity (Wildman–Crippen MR) is 64.0 cm³/mol. The fraction of sp³-hybridized carbons (Fsp3) is 0.250. The number of rotatable bonds is 2. The van der Waals surface area contributed by atoms with E-state index in [1.54, 1.807) is 0 Å². The minimum Gasteiger partial charge on any atom is -0.288 e. The Hall–Kier alpha value is -1.55. The number of hydrogen-bond acceptors (Lipinski definition) is 4. The summed E-state index contributed by atoms with van der Waals surface area (Å²) in [5.41, 5.74) is 4.08. The molecule has 0 fully saturated rings. The van der Waals surface area contributed by atoms with Crippen molar-refractivity contribution in [2.45, 2.75) is 20.8 Å². The molecule has 1 aromatic carbocycles. The summed E-state index contributed by atoms with van der Waals surface area (Å²) in [5, 5.41) is 3.69. The van der Waals surface area contributed by atoms with Gasteiger partial charge >= 0.3 is 0 Å². The molecule has 4 heteroatoms. The van der Waals surface area contributed by atoms with Crippen molar-refractivity contribution in [3.63, 3.8) is 0 Å². The lowest BCUT2D eigenvalue weighted by atomic mass is 9.98. The van der Waals surface area contributed by atoms with Crippen molar-refractivity contribution >= 4 is 17.3 Å². The molecule has 0 aliphatic heterocycles. The molecule has 0 aliphatic carbocycles. The molecule has 0 spiro atoms. The zero-order valence-electron chi connectivity index (χ0n) is 9.44. The second-order valence-corrected chi connectivity index (χ2v) is 4.65. The van der Waals surface area contributed by atoms with E-state index in [-0.39, 0.29) is 5.78 Å². The van der Waals surface area contributed by atoms with Gasteiger partial charge in [0.1, 0.15) is 4.88 Å². The van der Waals surface area contributed by atoms with Gasteiger partial charge in [-0.05, 0) is 55.1 Å². The standard InChI is InChI=1S/C12H12N2OS/c1-7-4-9(3)10(5-8(7)2)12(15)11-6-13-14-16-11/h4-6H,1-3H3. The molecule has 0 radical (unpaired) electrons. The summed E-state index contributed by atoms with van der Waals surface area (Å²) in [5.74, 6) is 0.00981. The van der Waals surface area contributed by atoms with Gasteiger partial charge in [-0.3, -0.25) is 4.79 Å². The molecule has 0 N–H and O–H groups in total. The summed E-state index contributed by atoms with van der Waals surface area (Å²) >= 11 is 1.13. The van der Waals surface area contributed by atoms with Crippen molar-refractivity contribution in [3.05, 3.63) is 45.5 Å². The topological polar surface area (TPSA) is 42.9 Å². The number of aromatic nitrogens is 2. The van der Waals surface area contributed by atoms with Gasteiger partial charge in [0.2, 0.25) is 5.78 Å². The van der Waals surface area contributed by atoms with E-state index in [9.17, 15) is 4.79 Å². The smallest absolute Gasteiger partial charge is 0.206 e. The summed E-state index contributed by atoms with van der Waals surface area (Å²) in [4.78, 5) is 12.7. The molecule has 0 bridgehead atoms. The number of aryl methyl sites for hydroxylation is 3. The van der Waals surface area contributed by atoms with Crippen molar-refractivity contribution < 1.29 is 4.79 Å². The summed E-state index contributed by atoms with van der Waals surface area (Å²) in [6.07, 6.45) is 1.52. The van der Waals surface area contributed by atoms with Crippen LogP contribution in [0, 0.1) is 20.8 Å². The second-order valence-electron chi connectivity index (χ2n) is 3.86. The maximum absolute atomic E-state index is 12.1. The Morgan fingerprint density at radius 2 is 1.81 bits per heavy atom. The Labute approximate surface area is 98.3 Å². The Kier molecular flexibility index (Phi) is 2.83. The van der Waals surface area contributed by atoms with E-state index in [0.717, 1.165) is 28.2 Å². The molecule has 1 heterocycles. The van der Waals surface area contributed by atoms with E-state index in [0.29, 0.717) is 4.88 Å². The highest BCUT2D eigenvalue weighted by atomic mass is 32.1. The molecule has 1 aromatic heterocycles. The van der Waals surface area contributed by atoms with Crippen LogP contribution in [0.5, 0.6) is 0 Å². The van der Waals surface area contributed by atoms with Gasteiger partial charge in [0.05, 0.1) is 6.20 Å². The van der Waals surface area contributed by atoms with Gasteiger partial charge in [0, 0.05) is 5.56 Å². The molecular weight excluding hydrogens is 220 g/mol. The highest BCUT2D eigenvalue weighted by Gasteiger charge is 2.14. The number of carbonyl (C=O) groups excluding carboxylic acids is 1. The summed E-state index contributed by atoms with van der Waals surface area (Å²) in [6.45, 7) is 6.01. The normalized spacial score (nSPS) is 10.4. The van der Waals surface area contributed by atoms with Crippen LogP contribution in [0.15, 0.2) is 18.3 Å². The van der Waals surface area contributed by atoms with Crippen molar-refractivity contribution in [2.75, 3.05) is 0 Å². The molecule has 0 atom stereocenters. The van der Waals surface area contributed by atoms with E-state index in [1.165, 1.54) is 11.8 Å². The molecule has 0 aliphatic rings. The zero-order chi connectivity index (χ0) is 11.7. The van der Waals surface area contributed by atoms with Crippen LogP contribution in [-0.4, -0.2) is 15.4 Å². The average Bonchev–Trinajstić information content (AvgIpc) is 2.75. The first-order chi connectivity index (χ1) is 7.59. The van der Waals surface area contributed by atoms with Gasteiger partial charge < -0.3 is 0 Å². The number of carbonyl (C=O) groups is 1. The predicted octanol–water partition coefficient (Wildman–Crippen LogP) is 2.69. The summed E-state index contributed by atoms with van der Waals surface area (Å²) in [6, 6.07) is 3.98. The van der Waals surface area contributed by atoms with E-state index in [1.807, 2.05) is 32.9 Å². The minimum atomic E-state index is 0.00981. The third-order valence-electron chi connectivity index (χ3n) is 2.67. The van der Waals surface area contributed by atoms with Crippen molar-refractivity contribution in [3.8, 4) is 0 Å². The minimum absolute atomic E-state index is 0.00981. The lowest BCUT2D eigenvalue weighted by Gasteiger charge is -2.07. The molecule has 0 unspecified atom stereocenters. The lowest BCUT2D eigenvalue weighted by Crippen LogP contribution is -2.03. The van der Waals surface area contributed by atoms with Crippen molar-refractivity contribution in [1.82, 2.24) is 9.59 Å². The highest BCUT2D eigenvalue weighted by molar-refractivity contribution is 7.08. The Balaban J connectivity index is 2.49. The SMILES string of the molecule is Cc1cc(C)c(C(=O)c2cnns2)cc1C. The monoisotopic (exact) mass is 232 g/mol. The molecule has 82 valence electrons. The van der Waals surface area contributed by atoms with Crippen molar-refractivity contribution in [1.29, 1.82) is 0 Å². The lowest BCUT2D eigenvalue weighted by molar-refractivity contribution is 0.104. The van der Waals surface area contributed by atoms with E-state index in [2.05, 4.69) is 9.59 Å². The molecular formula is C12H12N2OS. The first kappa shape index (κ1) is 11.0. The largest absolute Gasteiger partial charge is 0.288 e.